The van der Waals surface area contributed by atoms with Crippen LogP contribution in [0.15, 0.2) is 48.5 Å². The molecule has 0 atom stereocenters. The maximum Gasteiger partial charge on any atom is 0.373 e. The summed E-state index contributed by atoms with van der Waals surface area (Å²) in [5, 5.41) is 0. The normalized spacial score (nSPS) is 11.0. The molecule has 2 aromatic carbocycles. The lowest BCUT2D eigenvalue weighted by Crippen LogP contribution is -2.22. The van der Waals surface area contributed by atoms with E-state index in [1.54, 1.807) is 48.5 Å². The van der Waals surface area contributed by atoms with Crippen molar-refractivity contribution in [2.24, 2.45) is 0 Å². The van der Waals surface area contributed by atoms with E-state index in [0.717, 1.165) is 44.9 Å². The first kappa shape index (κ1) is 35.1. The summed E-state index contributed by atoms with van der Waals surface area (Å²) in [5.41, 5.74) is 0.607. The molecule has 0 aromatic heterocycles. The summed E-state index contributed by atoms with van der Waals surface area (Å²) in [6.45, 7) is 7.65. The Labute approximate surface area is 251 Å². The predicted octanol–water partition coefficient (Wildman–Crippen LogP) is 9.17. The Hall–Kier alpha value is -3.10. The van der Waals surface area contributed by atoms with E-state index in [2.05, 4.69) is 20.8 Å². The molecule has 0 fully saturated rings. The Morgan fingerprint density at radius 2 is 0.905 bits per heavy atom. The zero-order chi connectivity index (χ0) is 30.3. The molecule has 0 heterocycles. The van der Waals surface area contributed by atoms with Crippen LogP contribution < -0.4 is 9.47 Å². The molecule has 0 bridgehead atoms. The molecule has 0 amide bonds. The second-order valence-corrected chi connectivity index (χ2v) is 10.4. The van der Waals surface area contributed by atoms with Crippen LogP contribution in [-0.4, -0.2) is 31.4 Å². The number of hydrogen-bond acceptors (Lipinski definition) is 8. The standard InChI is InChI=1S/C34H50O8/c1-4-7-10-11-12-13-14-15-16-17-32(39-41-33(35)28-18-22-30(23-19-28)37-26-8-5-2)40-42-34(36)29-20-24-31(25-21-29)38-27-9-6-3/h18-25,32H,4-17,26-27H2,1-3H3. The fourth-order valence-electron chi connectivity index (χ4n) is 4.07. The minimum absolute atomic E-state index is 0.304. The summed E-state index contributed by atoms with van der Waals surface area (Å²) >= 11 is 0. The van der Waals surface area contributed by atoms with Crippen LogP contribution in [0.5, 0.6) is 11.5 Å². The Balaban J connectivity index is 1.85. The highest BCUT2D eigenvalue weighted by atomic mass is 17.3. The van der Waals surface area contributed by atoms with Crippen LogP contribution in [0.4, 0.5) is 0 Å². The van der Waals surface area contributed by atoms with Gasteiger partial charge in [-0.2, -0.15) is 0 Å². The van der Waals surface area contributed by atoms with Crippen LogP contribution in [0.2, 0.25) is 0 Å². The molecule has 0 aliphatic carbocycles. The van der Waals surface area contributed by atoms with E-state index in [9.17, 15) is 9.59 Å². The number of hydrogen-bond donors (Lipinski definition) is 0. The summed E-state index contributed by atoms with van der Waals surface area (Å²) in [6, 6.07) is 13.3. The zero-order valence-corrected chi connectivity index (χ0v) is 25.8. The number of benzene rings is 2. The molecule has 42 heavy (non-hydrogen) atoms. The SMILES string of the molecule is CCCCCCCCCCCC(OOC(=O)c1ccc(OCCCC)cc1)OOC(=O)c1ccc(OCCCC)cc1. The van der Waals surface area contributed by atoms with Crippen molar-refractivity contribution in [3.63, 3.8) is 0 Å². The Morgan fingerprint density at radius 3 is 1.31 bits per heavy atom. The van der Waals surface area contributed by atoms with E-state index in [4.69, 9.17) is 29.0 Å². The zero-order valence-electron chi connectivity index (χ0n) is 25.8. The van der Waals surface area contributed by atoms with Crippen LogP contribution in [-0.2, 0) is 19.6 Å². The topological polar surface area (TPSA) is 89.5 Å². The molecule has 0 saturated carbocycles. The van der Waals surface area contributed by atoms with Crippen molar-refractivity contribution in [1.82, 2.24) is 0 Å². The summed E-state index contributed by atoms with van der Waals surface area (Å²) in [5.74, 6) is 0.00136. The van der Waals surface area contributed by atoms with Crippen molar-refractivity contribution in [3.05, 3.63) is 59.7 Å². The van der Waals surface area contributed by atoms with E-state index in [1.165, 1.54) is 38.5 Å². The summed E-state index contributed by atoms with van der Waals surface area (Å²) in [7, 11) is 0. The van der Waals surface area contributed by atoms with Gasteiger partial charge in [-0.3, -0.25) is 9.78 Å². The average Bonchev–Trinajstić information content (AvgIpc) is 3.01. The summed E-state index contributed by atoms with van der Waals surface area (Å²) in [6.07, 6.45) is 13.7. The average molecular weight is 587 g/mol. The molecule has 0 aliphatic rings. The lowest BCUT2D eigenvalue weighted by Gasteiger charge is -2.15. The monoisotopic (exact) mass is 586 g/mol. The van der Waals surface area contributed by atoms with Gasteiger partial charge in [-0.1, -0.05) is 85.0 Å². The fourth-order valence-corrected chi connectivity index (χ4v) is 4.07. The first-order chi connectivity index (χ1) is 20.6. The number of unbranched alkanes of at least 4 members (excludes halogenated alkanes) is 10. The van der Waals surface area contributed by atoms with Gasteiger partial charge in [0.25, 0.3) is 0 Å². The Bertz CT molecular complexity index is 905. The van der Waals surface area contributed by atoms with Crippen molar-refractivity contribution in [1.29, 1.82) is 0 Å². The lowest BCUT2D eigenvalue weighted by atomic mass is 10.1. The molecule has 0 spiro atoms. The second kappa shape index (κ2) is 22.5. The minimum Gasteiger partial charge on any atom is -0.494 e. The van der Waals surface area contributed by atoms with Crippen molar-refractivity contribution >= 4 is 11.9 Å². The molecule has 234 valence electrons. The van der Waals surface area contributed by atoms with Crippen LogP contribution in [0.3, 0.4) is 0 Å². The highest BCUT2D eigenvalue weighted by Gasteiger charge is 2.20. The van der Waals surface area contributed by atoms with Crippen molar-refractivity contribution in [2.45, 2.75) is 117 Å². The molecule has 0 N–H and O–H groups in total. The molecular formula is C34H50O8. The molecular weight excluding hydrogens is 536 g/mol. The highest BCUT2D eigenvalue weighted by Crippen LogP contribution is 2.18. The third-order valence-corrected chi connectivity index (χ3v) is 6.72. The largest absolute Gasteiger partial charge is 0.494 e. The van der Waals surface area contributed by atoms with Gasteiger partial charge >= 0.3 is 11.9 Å². The van der Waals surface area contributed by atoms with Crippen LogP contribution in [0.1, 0.15) is 131 Å². The van der Waals surface area contributed by atoms with Crippen LogP contribution in [0.25, 0.3) is 0 Å². The third kappa shape index (κ3) is 15.2. The van der Waals surface area contributed by atoms with Gasteiger partial charge in [0.2, 0.25) is 6.29 Å². The number of rotatable bonds is 24. The van der Waals surface area contributed by atoms with Gasteiger partial charge in [-0.25, -0.2) is 9.59 Å². The molecule has 0 radical (unpaired) electrons. The highest BCUT2D eigenvalue weighted by molar-refractivity contribution is 5.89. The van der Waals surface area contributed by atoms with Crippen LogP contribution in [0, 0.1) is 0 Å². The first-order valence-electron chi connectivity index (χ1n) is 15.8. The third-order valence-electron chi connectivity index (χ3n) is 6.72. The first-order valence-corrected chi connectivity index (χ1v) is 15.8. The molecule has 2 aromatic rings. The molecule has 0 unspecified atom stereocenters. The maximum absolute atomic E-state index is 12.6. The second-order valence-electron chi connectivity index (χ2n) is 10.4. The molecule has 8 heteroatoms. The van der Waals surface area contributed by atoms with E-state index < -0.39 is 18.2 Å². The quantitative estimate of drug-likeness (QED) is 0.0520. The Morgan fingerprint density at radius 1 is 0.524 bits per heavy atom. The van der Waals surface area contributed by atoms with Gasteiger partial charge in [-0.15, -0.1) is 9.78 Å². The van der Waals surface area contributed by atoms with Gasteiger partial charge < -0.3 is 9.47 Å². The van der Waals surface area contributed by atoms with Gasteiger partial charge in [0.05, 0.1) is 24.3 Å². The summed E-state index contributed by atoms with van der Waals surface area (Å²) in [4.78, 5) is 45.8. The van der Waals surface area contributed by atoms with Crippen molar-refractivity contribution in [3.8, 4) is 11.5 Å². The van der Waals surface area contributed by atoms with Gasteiger partial charge in [0.1, 0.15) is 11.5 Å². The van der Waals surface area contributed by atoms with Gasteiger partial charge in [0, 0.05) is 6.42 Å². The van der Waals surface area contributed by atoms with E-state index in [-0.39, 0.29) is 0 Å². The molecule has 2 rings (SSSR count). The molecule has 0 saturated heterocycles. The van der Waals surface area contributed by atoms with E-state index in [1.807, 2.05) is 0 Å². The molecule has 8 nitrogen and oxygen atoms in total. The van der Waals surface area contributed by atoms with Crippen molar-refractivity contribution < 1.29 is 38.6 Å². The van der Waals surface area contributed by atoms with Crippen molar-refractivity contribution in [2.75, 3.05) is 13.2 Å². The summed E-state index contributed by atoms with van der Waals surface area (Å²) < 4.78 is 11.3. The maximum atomic E-state index is 12.6. The van der Waals surface area contributed by atoms with E-state index in [0.29, 0.717) is 42.3 Å². The van der Waals surface area contributed by atoms with Gasteiger partial charge in [0.15, 0.2) is 0 Å². The van der Waals surface area contributed by atoms with Crippen LogP contribution >= 0.6 is 0 Å². The number of carbonyl (C=O) groups is 2. The van der Waals surface area contributed by atoms with Gasteiger partial charge in [-0.05, 0) is 67.8 Å². The fraction of sp³-hybridized carbons (Fsp3) is 0.588. The predicted molar refractivity (Wildman–Crippen MR) is 162 cm³/mol. The number of carbonyl (C=O) groups excluding carboxylic acids is 2. The Kier molecular flexibility index (Phi) is 18.8. The smallest absolute Gasteiger partial charge is 0.373 e. The minimum atomic E-state index is -1.06. The lowest BCUT2D eigenvalue weighted by molar-refractivity contribution is -0.421. The van der Waals surface area contributed by atoms with E-state index >= 15 is 0 Å². The molecule has 0 aliphatic heterocycles. The number of ether oxygens (including phenoxy) is 2.